The molecule has 1 atom stereocenters. The number of carbonyl (C=O) groups is 2. The lowest BCUT2D eigenvalue weighted by Crippen LogP contribution is -2.53. The molecule has 23 heavy (non-hydrogen) atoms. The van der Waals surface area contributed by atoms with Crippen LogP contribution in [0.15, 0.2) is 18.2 Å². The molecule has 126 valence electrons. The van der Waals surface area contributed by atoms with Crippen LogP contribution in [0.5, 0.6) is 0 Å². The first-order valence-electron chi connectivity index (χ1n) is 7.48. The number of hydrogen-bond donors (Lipinski definition) is 2. The van der Waals surface area contributed by atoms with Crippen molar-refractivity contribution in [2.45, 2.75) is 37.6 Å². The van der Waals surface area contributed by atoms with Crippen molar-refractivity contribution in [3.05, 3.63) is 35.4 Å². The van der Waals surface area contributed by atoms with Gasteiger partial charge in [-0.15, -0.1) is 0 Å². The van der Waals surface area contributed by atoms with Crippen LogP contribution >= 0.6 is 0 Å². The van der Waals surface area contributed by atoms with Crippen LogP contribution in [0.1, 0.15) is 31.7 Å². The molecule has 0 radical (unpaired) electrons. The highest BCUT2D eigenvalue weighted by Gasteiger charge is 2.44. The number of carboxylic acid groups (broad SMARTS) is 1. The Morgan fingerprint density at radius 2 is 2.00 bits per heavy atom. The van der Waals surface area contributed by atoms with Crippen LogP contribution in [0, 0.1) is 11.6 Å². The van der Waals surface area contributed by atoms with Crippen molar-refractivity contribution >= 4 is 11.9 Å². The first-order valence-corrected chi connectivity index (χ1v) is 7.48. The fraction of sp³-hybridized carbons (Fsp3) is 0.500. The standard InChI is InChI=1S/C16H19F2NO4/c1-2-13(14(20)21)19-15(22)16(5-7-23-8-6-16)11-4-3-10(17)9-12(11)18/h3-4,9,13H,2,5-8H2,1H3,(H,19,22)(H,20,21)/t13-/m1/s1. The van der Waals surface area contributed by atoms with Gasteiger partial charge in [0.2, 0.25) is 5.91 Å². The lowest BCUT2D eigenvalue weighted by Gasteiger charge is -2.37. The molecule has 1 aromatic carbocycles. The second-order valence-corrected chi connectivity index (χ2v) is 5.59. The summed E-state index contributed by atoms with van der Waals surface area (Å²) in [7, 11) is 0. The molecule has 0 bridgehead atoms. The lowest BCUT2D eigenvalue weighted by atomic mass is 9.73. The number of amides is 1. The van der Waals surface area contributed by atoms with E-state index in [0.717, 1.165) is 12.1 Å². The van der Waals surface area contributed by atoms with E-state index in [-0.39, 0.29) is 38.0 Å². The van der Waals surface area contributed by atoms with Gasteiger partial charge in [-0.25, -0.2) is 13.6 Å². The SMILES string of the molecule is CC[C@@H](NC(=O)C1(c2ccc(F)cc2F)CCOCC1)C(=O)O. The summed E-state index contributed by atoms with van der Waals surface area (Å²) in [6.45, 7) is 2.12. The van der Waals surface area contributed by atoms with Gasteiger partial charge >= 0.3 is 5.97 Å². The van der Waals surface area contributed by atoms with Crippen LogP contribution < -0.4 is 5.32 Å². The molecule has 5 nitrogen and oxygen atoms in total. The fourth-order valence-electron chi connectivity index (χ4n) is 2.85. The monoisotopic (exact) mass is 327 g/mol. The summed E-state index contributed by atoms with van der Waals surface area (Å²) < 4.78 is 32.7. The molecule has 1 aliphatic heterocycles. The maximum atomic E-state index is 14.2. The van der Waals surface area contributed by atoms with E-state index >= 15 is 0 Å². The summed E-state index contributed by atoms with van der Waals surface area (Å²) in [5, 5.41) is 11.6. The fourth-order valence-corrected chi connectivity index (χ4v) is 2.85. The number of carboxylic acids is 1. The number of carbonyl (C=O) groups excluding carboxylic acids is 1. The third kappa shape index (κ3) is 3.50. The largest absolute Gasteiger partial charge is 0.480 e. The molecule has 1 aliphatic rings. The van der Waals surface area contributed by atoms with E-state index in [0.29, 0.717) is 0 Å². The maximum absolute atomic E-state index is 14.2. The maximum Gasteiger partial charge on any atom is 0.326 e. The zero-order valence-corrected chi connectivity index (χ0v) is 12.8. The minimum atomic E-state index is -1.25. The minimum Gasteiger partial charge on any atom is -0.480 e. The van der Waals surface area contributed by atoms with Crippen LogP contribution in [0.25, 0.3) is 0 Å². The van der Waals surface area contributed by atoms with E-state index in [2.05, 4.69) is 5.32 Å². The highest BCUT2D eigenvalue weighted by Crippen LogP contribution is 2.37. The van der Waals surface area contributed by atoms with E-state index < -0.39 is 35.0 Å². The Bertz CT molecular complexity index is 600. The van der Waals surface area contributed by atoms with Gasteiger partial charge in [0, 0.05) is 24.8 Å². The molecular weight excluding hydrogens is 308 g/mol. The molecule has 0 aromatic heterocycles. The van der Waals surface area contributed by atoms with Gasteiger partial charge in [0.05, 0.1) is 5.41 Å². The molecule has 7 heteroatoms. The molecule has 0 saturated carbocycles. The van der Waals surface area contributed by atoms with Gasteiger partial charge in [-0.2, -0.15) is 0 Å². The van der Waals surface area contributed by atoms with Crippen molar-refractivity contribution < 1.29 is 28.2 Å². The number of halogens is 2. The first-order chi connectivity index (χ1) is 10.9. The van der Waals surface area contributed by atoms with Crippen LogP contribution in [-0.2, 0) is 19.7 Å². The number of aliphatic carboxylic acids is 1. The highest BCUT2D eigenvalue weighted by atomic mass is 19.1. The van der Waals surface area contributed by atoms with Crippen LogP contribution in [-0.4, -0.2) is 36.2 Å². The molecular formula is C16H19F2NO4. The van der Waals surface area contributed by atoms with Crippen molar-refractivity contribution in [2.75, 3.05) is 13.2 Å². The minimum absolute atomic E-state index is 0.0694. The first kappa shape index (κ1) is 17.3. The highest BCUT2D eigenvalue weighted by molar-refractivity contribution is 5.91. The molecule has 1 aromatic rings. The second kappa shape index (κ2) is 7.04. The Balaban J connectivity index is 2.39. The molecule has 2 rings (SSSR count). The Hall–Kier alpha value is -2.02. The van der Waals surface area contributed by atoms with E-state index in [1.54, 1.807) is 6.92 Å². The lowest BCUT2D eigenvalue weighted by molar-refractivity contribution is -0.143. The van der Waals surface area contributed by atoms with Gasteiger partial charge in [-0.3, -0.25) is 4.79 Å². The molecule has 0 spiro atoms. The van der Waals surface area contributed by atoms with Crippen molar-refractivity contribution in [1.82, 2.24) is 5.32 Å². The third-order valence-electron chi connectivity index (χ3n) is 4.24. The Labute approximate surface area is 132 Å². The zero-order chi connectivity index (χ0) is 17.0. The second-order valence-electron chi connectivity index (χ2n) is 5.59. The van der Waals surface area contributed by atoms with Gasteiger partial charge in [0.15, 0.2) is 0 Å². The summed E-state index contributed by atoms with van der Waals surface area (Å²) in [6, 6.07) is 2.02. The molecule has 1 saturated heterocycles. The Morgan fingerprint density at radius 3 is 2.52 bits per heavy atom. The van der Waals surface area contributed by atoms with Crippen molar-refractivity contribution in [1.29, 1.82) is 0 Å². The zero-order valence-electron chi connectivity index (χ0n) is 12.8. The average molecular weight is 327 g/mol. The summed E-state index contributed by atoms with van der Waals surface area (Å²) in [5.41, 5.74) is -1.18. The summed E-state index contributed by atoms with van der Waals surface area (Å²) in [4.78, 5) is 23.9. The smallest absolute Gasteiger partial charge is 0.326 e. The predicted octanol–water partition coefficient (Wildman–Crippen LogP) is 1.99. The van der Waals surface area contributed by atoms with E-state index in [1.807, 2.05) is 0 Å². The number of ether oxygens (including phenoxy) is 1. The van der Waals surface area contributed by atoms with Gasteiger partial charge in [0.1, 0.15) is 17.7 Å². The van der Waals surface area contributed by atoms with Crippen molar-refractivity contribution in [3.8, 4) is 0 Å². The number of nitrogens with one attached hydrogen (secondary N) is 1. The molecule has 2 N–H and O–H groups in total. The molecule has 1 amide bonds. The number of hydrogen-bond acceptors (Lipinski definition) is 3. The van der Waals surface area contributed by atoms with E-state index in [1.165, 1.54) is 6.07 Å². The van der Waals surface area contributed by atoms with Crippen molar-refractivity contribution in [2.24, 2.45) is 0 Å². The third-order valence-corrected chi connectivity index (χ3v) is 4.24. The summed E-state index contributed by atoms with van der Waals surface area (Å²) in [6.07, 6.45) is 0.619. The predicted molar refractivity (Wildman–Crippen MR) is 77.9 cm³/mol. The molecule has 0 unspecified atom stereocenters. The topological polar surface area (TPSA) is 75.6 Å². The quantitative estimate of drug-likeness (QED) is 0.867. The van der Waals surface area contributed by atoms with Crippen LogP contribution in [0.2, 0.25) is 0 Å². The van der Waals surface area contributed by atoms with Crippen LogP contribution in [0.3, 0.4) is 0 Å². The van der Waals surface area contributed by atoms with Gasteiger partial charge < -0.3 is 15.2 Å². The normalized spacial score (nSPS) is 18.2. The Morgan fingerprint density at radius 1 is 1.35 bits per heavy atom. The van der Waals surface area contributed by atoms with Gasteiger partial charge in [0.25, 0.3) is 0 Å². The number of benzene rings is 1. The summed E-state index contributed by atoms with van der Waals surface area (Å²) in [5.74, 6) is -3.26. The molecule has 1 fully saturated rings. The van der Waals surface area contributed by atoms with E-state index in [4.69, 9.17) is 9.84 Å². The Kier molecular flexibility index (Phi) is 5.30. The van der Waals surface area contributed by atoms with Gasteiger partial charge in [-0.05, 0) is 25.3 Å². The van der Waals surface area contributed by atoms with E-state index in [9.17, 15) is 18.4 Å². The molecule has 1 heterocycles. The van der Waals surface area contributed by atoms with Crippen LogP contribution in [0.4, 0.5) is 8.78 Å². The summed E-state index contributed by atoms with van der Waals surface area (Å²) >= 11 is 0. The number of rotatable bonds is 5. The van der Waals surface area contributed by atoms with Crippen molar-refractivity contribution in [3.63, 3.8) is 0 Å². The molecule has 0 aliphatic carbocycles. The average Bonchev–Trinajstić information content (AvgIpc) is 2.52. The van der Waals surface area contributed by atoms with Gasteiger partial charge in [-0.1, -0.05) is 13.0 Å².